The first kappa shape index (κ1) is 26.6. The summed E-state index contributed by atoms with van der Waals surface area (Å²) >= 11 is 0. The van der Waals surface area contributed by atoms with Gasteiger partial charge in [-0.1, -0.05) is 39.8 Å². The predicted octanol–water partition coefficient (Wildman–Crippen LogP) is 3.52. The van der Waals surface area contributed by atoms with Crippen LogP contribution in [0.25, 0.3) is 0 Å². The van der Waals surface area contributed by atoms with E-state index >= 15 is 0 Å². The number of hydrogen-bond donors (Lipinski definition) is 2. The van der Waals surface area contributed by atoms with Crippen molar-refractivity contribution >= 4 is 11.8 Å². The highest BCUT2D eigenvalue weighted by atomic mass is 16.5. The zero-order chi connectivity index (χ0) is 22.8. The number of ether oxygens (including phenoxy) is 1. The Hall–Kier alpha value is -1.40. The Bertz CT molecular complexity index is 570. The number of hydrogen-bond acceptors (Lipinski definition) is 4. The maximum atomic E-state index is 12.2. The van der Waals surface area contributed by atoms with Crippen molar-refractivity contribution in [3.63, 3.8) is 0 Å². The minimum absolute atomic E-state index is 0.0556. The van der Waals surface area contributed by atoms with Gasteiger partial charge in [0.1, 0.15) is 0 Å². The molecule has 0 saturated carbocycles. The second-order valence-electron chi connectivity index (χ2n) is 10.7. The molecule has 0 aromatic rings. The zero-order valence-electron chi connectivity index (χ0n) is 20.3. The third-order valence-corrected chi connectivity index (χ3v) is 5.29. The summed E-state index contributed by atoms with van der Waals surface area (Å²) in [5.41, 5.74) is -0.378. The maximum Gasteiger partial charge on any atom is 0.220 e. The number of carbonyl (C=O) groups excluding carboxylic acids is 2. The molecule has 2 amide bonds. The van der Waals surface area contributed by atoms with Crippen LogP contribution in [0.2, 0.25) is 0 Å². The van der Waals surface area contributed by atoms with Crippen LogP contribution in [-0.2, 0) is 14.3 Å². The fraction of sp³-hybridized carbons (Fsp3) is 0.833. The van der Waals surface area contributed by atoms with Crippen LogP contribution in [0, 0.1) is 10.8 Å². The van der Waals surface area contributed by atoms with Crippen molar-refractivity contribution in [3.05, 3.63) is 12.2 Å². The minimum atomic E-state index is -0.223. The first-order chi connectivity index (χ1) is 13.9. The number of nitrogens with zero attached hydrogens (tertiary/aromatic N) is 1. The van der Waals surface area contributed by atoms with Crippen LogP contribution in [0.5, 0.6) is 0 Å². The Morgan fingerprint density at radius 3 is 2.40 bits per heavy atom. The molecule has 1 rings (SSSR count). The van der Waals surface area contributed by atoms with Crippen LogP contribution < -0.4 is 10.6 Å². The molecule has 1 heterocycles. The Morgan fingerprint density at radius 1 is 1.10 bits per heavy atom. The number of nitrogens with one attached hydrogen (secondary N) is 2. The summed E-state index contributed by atoms with van der Waals surface area (Å²) in [6.45, 7) is 18.0. The second-order valence-corrected chi connectivity index (χ2v) is 10.7. The Balaban J connectivity index is 2.23. The van der Waals surface area contributed by atoms with Crippen molar-refractivity contribution in [1.29, 1.82) is 0 Å². The fourth-order valence-electron chi connectivity index (χ4n) is 3.53. The molecule has 30 heavy (non-hydrogen) atoms. The van der Waals surface area contributed by atoms with Crippen LogP contribution in [0.3, 0.4) is 0 Å². The molecule has 1 aliphatic heterocycles. The molecule has 2 N–H and O–H groups in total. The molecule has 174 valence electrons. The van der Waals surface area contributed by atoms with Gasteiger partial charge in [-0.2, -0.15) is 0 Å². The minimum Gasteiger partial charge on any atom is -0.380 e. The van der Waals surface area contributed by atoms with E-state index in [1.807, 2.05) is 27.7 Å². The summed E-state index contributed by atoms with van der Waals surface area (Å²) in [6.07, 6.45) is 7.42. The quantitative estimate of drug-likeness (QED) is 0.445. The lowest BCUT2D eigenvalue weighted by molar-refractivity contribution is -0.125. The molecule has 0 radical (unpaired) electrons. The van der Waals surface area contributed by atoms with Crippen molar-refractivity contribution < 1.29 is 14.3 Å². The van der Waals surface area contributed by atoms with Gasteiger partial charge in [0.05, 0.1) is 13.2 Å². The van der Waals surface area contributed by atoms with Crippen molar-refractivity contribution in [1.82, 2.24) is 15.5 Å². The van der Waals surface area contributed by atoms with Gasteiger partial charge in [0, 0.05) is 43.4 Å². The molecule has 0 aromatic heterocycles. The average molecular weight is 424 g/mol. The lowest BCUT2D eigenvalue weighted by Gasteiger charge is -2.30. The Kier molecular flexibility index (Phi) is 11.1. The van der Waals surface area contributed by atoms with Gasteiger partial charge in [-0.3, -0.25) is 14.5 Å². The fourth-order valence-corrected chi connectivity index (χ4v) is 3.53. The molecule has 0 saturated heterocycles. The molecule has 6 nitrogen and oxygen atoms in total. The first-order valence-electron chi connectivity index (χ1n) is 11.4. The zero-order valence-corrected chi connectivity index (χ0v) is 20.3. The molecular formula is C24H45N3O3. The van der Waals surface area contributed by atoms with Crippen LogP contribution in [0.4, 0.5) is 0 Å². The molecule has 0 spiro atoms. The van der Waals surface area contributed by atoms with E-state index in [2.05, 4.69) is 48.5 Å². The van der Waals surface area contributed by atoms with E-state index in [1.54, 1.807) is 0 Å². The standard InChI is InChI=1S/C24H45N3O3/c1-19(2)26-22(29)15-23(4,5)17-30-18-24(6,7)16-25-21(28)12-10-14-27-13-9-8-11-20(27)3/h8-9,19-20H,10-18H2,1-7H3,(H,25,28)(H,26,29). The lowest BCUT2D eigenvalue weighted by atomic mass is 9.89. The number of amides is 2. The van der Waals surface area contributed by atoms with E-state index in [-0.39, 0.29) is 28.7 Å². The molecule has 6 heteroatoms. The summed E-state index contributed by atoms with van der Waals surface area (Å²) in [4.78, 5) is 26.6. The molecule has 0 aromatic carbocycles. The SMILES string of the molecule is CC(C)NC(=O)CC(C)(C)COCC(C)(C)CNC(=O)CCCN1CC=CCC1C. The van der Waals surface area contributed by atoms with Crippen molar-refractivity contribution in [2.75, 3.05) is 32.8 Å². The smallest absolute Gasteiger partial charge is 0.220 e. The summed E-state index contributed by atoms with van der Waals surface area (Å²) in [7, 11) is 0. The third kappa shape index (κ3) is 11.7. The monoisotopic (exact) mass is 423 g/mol. The van der Waals surface area contributed by atoms with Gasteiger partial charge in [-0.15, -0.1) is 0 Å². The van der Waals surface area contributed by atoms with Crippen molar-refractivity contribution in [2.24, 2.45) is 10.8 Å². The molecule has 0 aliphatic carbocycles. The highest BCUT2D eigenvalue weighted by Gasteiger charge is 2.25. The summed E-state index contributed by atoms with van der Waals surface area (Å²) < 4.78 is 5.93. The van der Waals surface area contributed by atoms with Gasteiger partial charge in [-0.05, 0) is 45.6 Å². The molecule has 1 atom stereocenters. The van der Waals surface area contributed by atoms with Crippen molar-refractivity contribution in [3.8, 4) is 0 Å². The summed E-state index contributed by atoms with van der Waals surface area (Å²) in [6, 6.07) is 0.715. The number of rotatable bonds is 13. The average Bonchev–Trinajstić information content (AvgIpc) is 2.60. The van der Waals surface area contributed by atoms with Crippen LogP contribution >= 0.6 is 0 Å². The largest absolute Gasteiger partial charge is 0.380 e. The van der Waals surface area contributed by atoms with Gasteiger partial charge in [0.2, 0.25) is 11.8 Å². The second kappa shape index (κ2) is 12.5. The van der Waals surface area contributed by atoms with E-state index in [9.17, 15) is 9.59 Å². The Labute approximate surface area is 184 Å². The topological polar surface area (TPSA) is 70.7 Å². The first-order valence-corrected chi connectivity index (χ1v) is 11.4. The van der Waals surface area contributed by atoms with Crippen LogP contribution in [0.15, 0.2) is 12.2 Å². The molecule has 1 aliphatic rings. The van der Waals surface area contributed by atoms with Gasteiger partial charge in [0.25, 0.3) is 0 Å². The maximum absolute atomic E-state index is 12.2. The van der Waals surface area contributed by atoms with Gasteiger partial charge in [0.15, 0.2) is 0 Å². The number of carbonyl (C=O) groups is 2. The van der Waals surface area contributed by atoms with E-state index in [0.29, 0.717) is 38.6 Å². The van der Waals surface area contributed by atoms with Gasteiger partial charge in [-0.25, -0.2) is 0 Å². The van der Waals surface area contributed by atoms with E-state index in [4.69, 9.17) is 4.74 Å². The predicted molar refractivity (Wildman–Crippen MR) is 123 cm³/mol. The molecule has 0 fully saturated rings. The lowest BCUT2D eigenvalue weighted by Crippen LogP contribution is -2.39. The van der Waals surface area contributed by atoms with Gasteiger partial charge >= 0.3 is 0 Å². The van der Waals surface area contributed by atoms with Crippen LogP contribution in [-0.4, -0.2) is 61.6 Å². The van der Waals surface area contributed by atoms with Crippen molar-refractivity contribution in [2.45, 2.75) is 86.2 Å². The summed E-state index contributed by atoms with van der Waals surface area (Å²) in [5, 5.41) is 5.99. The van der Waals surface area contributed by atoms with E-state index in [0.717, 1.165) is 25.9 Å². The van der Waals surface area contributed by atoms with Gasteiger partial charge < -0.3 is 15.4 Å². The molecule has 1 unspecified atom stereocenters. The highest BCUT2D eigenvalue weighted by Crippen LogP contribution is 2.23. The normalized spacial score (nSPS) is 17.9. The summed E-state index contributed by atoms with van der Waals surface area (Å²) in [5.74, 6) is 0.161. The third-order valence-electron chi connectivity index (χ3n) is 5.29. The molecular weight excluding hydrogens is 378 g/mol. The highest BCUT2D eigenvalue weighted by molar-refractivity contribution is 5.77. The molecule has 0 bridgehead atoms. The van der Waals surface area contributed by atoms with Crippen LogP contribution in [0.1, 0.15) is 74.1 Å². The van der Waals surface area contributed by atoms with E-state index < -0.39 is 0 Å². The Morgan fingerprint density at radius 2 is 1.77 bits per heavy atom. The van der Waals surface area contributed by atoms with E-state index in [1.165, 1.54) is 0 Å².